The summed E-state index contributed by atoms with van der Waals surface area (Å²) >= 11 is 0. The number of carboxylic acid groups (broad SMARTS) is 1. The lowest BCUT2D eigenvalue weighted by atomic mass is 10.0. The van der Waals surface area contributed by atoms with E-state index in [4.69, 9.17) is 5.11 Å². The highest BCUT2D eigenvalue weighted by atomic mass is 16.4. The first-order valence-electron chi connectivity index (χ1n) is 6.90. The van der Waals surface area contributed by atoms with E-state index in [1.54, 1.807) is 0 Å². The van der Waals surface area contributed by atoms with E-state index in [-0.39, 0.29) is 12.0 Å². The second kappa shape index (κ2) is 6.02. The maximum absolute atomic E-state index is 10.8. The van der Waals surface area contributed by atoms with E-state index in [0.29, 0.717) is 12.1 Å². The number of hydrogen-bond donors (Lipinski definition) is 1. The molecule has 0 radical (unpaired) electrons. The lowest BCUT2D eigenvalue weighted by molar-refractivity contribution is -0.137. The van der Waals surface area contributed by atoms with E-state index in [0.717, 1.165) is 25.9 Å². The van der Waals surface area contributed by atoms with Gasteiger partial charge in [0.2, 0.25) is 0 Å². The fraction of sp³-hybridized carbons (Fsp3) is 0.929. The van der Waals surface area contributed by atoms with E-state index in [9.17, 15) is 4.79 Å². The van der Waals surface area contributed by atoms with Gasteiger partial charge in [0, 0.05) is 37.1 Å². The number of nitrogens with zero attached hydrogens (tertiary/aromatic N) is 2. The van der Waals surface area contributed by atoms with Crippen molar-refractivity contribution in [3.63, 3.8) is 0 Å². The number of hydrogen-bond acceptors (Lipinski definition) is 3. The average molecular weight is 256 g/mol. The number of rotatable bonds is 3. The van der Waals surface area contributed by atoms with Crippen molar-refractivity contribution in [2.75, 3.05) is 20.1 Å². The van der Waals surface area contributed by atoms with Crippen LogP contribution in [-0.4, -0.2) is 58.6 Å². The van der Waals surface area contributed by atoms with Gasteiger partial charge in [-0.2, -0.15) is 0 Å². The molecule has 18 heavy (non-hydrogen) atoms. The van der Waals surface area contributed by atoms with Crippen LogP contribution in [0.2, 0.25) is 0 Å². The highest BCUT2D eigenvalue weighted by molar-refractivity contribution is 5.66. The predicted octanol–water partition coefficient (Wildman–Crippen LogP) is 2.04. The van der Waals surface area contributed by atoms with Crippen LogP contribution < -0.4 is 0 Å². The van der Waals surface area contributed by atoms with Crippen molar-refractivity contribution in [1.82, 2.24) is 9.80 Å². The Balaban J connectivity index is 2.73. The second-order valence-corrected chi connectivity index (χ2v) is 6.51. The standard InChI is InChI=1S/C14H28N2O2/c1-11-8-9-16(14(2,3)4)10-12(15(11)5)6-7-13(17)18/h11-12H,6-10H2,1-5H3,(H,17,18). The molecule has 2 unspecified atom stereocenters. The molecule has 0 amide bonds. The first-order chi connectivity index (χ1) is 8.21. The third-order valence-corrected chi connectivity index (χ3v) is 4.16. The van der Waals surface area contributed by atoms with Crippen molar-refractivity contribution >= 4 is 5.97 Å². The first kappa shape index (κ1) is 15.4. The van der Waals surface area contributed by atoms with Gasteiger partial charge in [0.05, 0.1) is 0 Å². The summed E-state index contributed by atoms with van der Waals surface area (Å²) in [6, 6.07) is 0.869. The average Bonchev–Trinajstić information content (AvgIpc) is 2.37. The Bertz CT molecular complexity index is 286. The third-order valence-electron chi connectivity index (χ3n) is 4.16. The Kier molecular flexibility index (Phi) is 5.17. The van der Waals surface area contributed by atoms with Crippen molar-refractivity contribution in [1.29, 1.82) is 0 Å². The van der Waals surface area contributed by atoms with Gasteiger partial charge in [-0.15, -0.1) is 0 Å². The molecular formula is C14H28N2O2. The van der Waals surface area contributed by atoms with E-state index in [1.165, 1.54) is 0 Å². The number of carboxylic acids is 1. The summed E-state index contributed by atoms with van der Waals surface area (Å²) in [6.07, 6.45) is 2.15. The molecule has 2 atom stereocenters. The van der Waals surface area contributed by atoms with Crippen molar-refractivity contribution < 1.29 is 9.90 Å². The smallest absolute Gasteiger partial charge is 0.303 e. The van der Waals surface area contributed by atoms with Crippen molar-refractivity contribution in [2.24, 2.45) is 0 Å². The zero-order valence-electron chi connectivity index (χ0n) is 12.4. The number of carbonyl (C=O) groups is 1. The summed E-state index contributed by atoms with van der Waals surface area (Å²) in [5, 5.41) is 8.86. The molecule has 1 N–H and O–H groups in total. The van der Waals surface area contributed by atoms with Crippen LogP contribution in [0.15, 0.2) is 0 Å². The van der Waals surface area contributed by atoms with Crippen molar-refractivity contribution in [3.05, 3.63) is 0 Å². The van der Waals surface area contributed by atoms with Gasteiger partial charge in [-0.1, -0.05) is 0 Å². The molecule has 0 aromatic heterocycles. The number of likely N-dealkylation sites (N-methyl/N-ethyl adjacent to an activating group) is 1. The molecule has 0 bridgehead atoms. The topological polar surface area (TPSA) is 43.8 Å². The van der Waals surface area contributed by atoms with E-state index < -0.39 is 5.97 Å². The summed E-state index contributed by atoms with van der Waals surface area (Å²) < 4.78 is 0. The van der Waals surface area contributed by atoms with Gasteiger partial charge >= 0.3 is 5.97 Å². The van der Waals surface area contributed by atoms with E-state index >= 15 is 0 Å². The third kappa shape index (κ3) is 4.25. The minimum Gasteiger partial charge on any atom is -0.481 e. The minimum atomic E-state index is -0.692. The normalized spacial score (nSPS) is 28.1. The van der Waals surface area contributed by atoms with Gasteiger partial charge in [-0.05, 0) is 47.6 Å². The quantitative estimate of drug-likeness (QED) is 0.839. The SMILES string of the molecule is CC1CCN(C(C)(C)C)CC(CCC(=O)O)N1C. The van der Waals surface area contributed by atoms with Crippen molar-refractivity contribution in [3.8, 4) is 0 Å². The lowest BCUT2D eigenvalue weighted by Gasteiger charge is -2.37. The molecule has 0 aromatic rings. The van der Waals surface area contributed by atoms with Gasteiger partial charge in [-0.3, -0.25) is 14.6 Å². The monoisotopic (exact) mass is 256 g/mol. The molecule has 0 aromatic carbocycles. The highest BCUT2D eigenvalue weighted by Gasteiger charge is 2.31. The molecule has 1 aliphatic heterocycles. The number of aliphatic carboxylic acids is 1. The van der Waals surface area contributed by atoms with Crippen LogP contribution in [0.1, 0.15) is 47.0 Å². The van der Waals surface area contributed by atoms with Crippen LogP contribution >= 0.6 is 0 Å². The summed E-state index contributed by atoms with van der Waals surface area (Å²) in [6.45, 7) is 11.0. The van der Waals surface area contributed by atoms with Crippen LogP contribution in [0.3, 0.4) is 0 Å². The van der Waals surface area contributed by atoms with Crippen LogP contribution in [-0.2, 0) is 4.79 Å². The van der Waals surface area contributed by atoms with Gasteiger partial charge in [0.25, 0.3) is 0 Å². The molecule has 1 rings (SSSR count). The maximum Gasteiger partial charge on any atom is 0.303 e. The molecule has 1 saturated heterocycles. The van der Waals surface area contributed by atoms with Crippen molar-refractivity contribution in [2.45, 2.75) is 64.6 Å². The zero-order chi connectivity index (χ0) is 13.9. The van der Waals surface area contributed by atoms with Gasteiger partial charge in [0.1, 0.15) is 0 Å². The first-order valence-corrected chi connectivity index (χ1v) is 6.90. The molecule has 0 spiro atoms. The summed E-state index contributed by atoms with van der Waals surface area (Å²) in [7, 11) is 2.13. The molecule has 1 fully saturated rings. The molecule has 1 aliphatic rings. The Morgan fingerprint density at radius 3 is 2.50 bits per heavy atom. The molecule has 106 valence electrons. The summed E-state index contributed by atoms with van der Waals surface area (Å²) in [5.41, 5.74) is 0.159. The predicted molar refractivity (Wildman–Crippen MR) is 73.8 cm³/mol. The second-order valence-electron chi connectivity index (χ2n) is 6.51. The zero-order valence-corrected chi connectivity index (χ0v) is 12.4. The van der Waals surface area contributed by atoms with Crippen LogP contribution in [0.25, 0.3) is 0 Å². The summed E-state index contributed by atoms with van der Waals surface area (Å²) in [5.74, 6) is -0.692. The maximum atomic E-state index is 10.8. The summed E-state index contributed by atoms with van der Waals surface area (Å²) in [4.78, 5) is 15.6. The highest BCUT2D eigenvalue weighted by Crippen LogP contribution is 2.23. The van der Waals surface area contributed by atoms with E-state index in [1.807, 2.05) is 0 Å². The molecule has 0 saturated carbocycles. The Hall–Kier alpha value is -0.610. The molecule has 1 heterocycles. The fourth-order valence-electron chi connectivity index (χ4n) is 2.57. The lowest BCUT2D eigenvalue weighted by Crippen LogP contribution is -2.47. The minimum absolute atomic E-state index is 0.159. The van der Waals surface area contributed by atoms with Gasteiger partial charge in [0.15, 0.2) is 0 Å². The van der Waals surface area contributed by atoms with Gasteiger partial charge in [-0.25, -0.2) is 0 Å². The van der Waals surface area contributed by atoms with E-state index in [2.05, 4.69) is 44.5 Å². The van der Waals surface area contributed by atoms with Gasteiger partial charge < -0.3 is 5.11 Å². The molecule has 0 aliphatic carbocycles. The van der Waals surface area contributed by atoms with Crippen LogP contribution in [0, 0.1) is 0 Å². The Morgan fingerprint density at radius 2 is 2.00 bits per heavy atom. The van der Waals surface area contributed by atoms with Crippen LogP contribution in [0.4, 0.5) is 0 Å². The molecule has 4 nitrogen and oxygen atoms in total. The fourth-order valence-corrected chi connectivity index (χ4v) is 2.57. The largest absolute Gasteiger partial charge is 0.481 e. The van der Waals surface area contributed by atoms with Crippen LogP contribution in [0.5, 0.6) is 0 Å². The molecular weight excluding hydrogens is 228 g/mol. The molecule has 4 heteroatoms. The Labute approximate surface area is 111 Å². The Morgan fingerprint density at radius 1 is 1.39 bits per heavy atom.